The number of sulfonamides is 1. The van der Waals surface area contributed by atoms with E-state index in [0.29, 0.717) is 22.9 Å². The van der Waals surface area contributed by atoms with E-state index in [1.54, 1.807) is 25.3 Å². The summed E-state index contributed by atoms with van der Waals surface area (Å²) < 4.78 is 41.4. The van der Waals surface area contributed by atoms with Crippen molar-refractivity contribution in [2.24, 2.45) is 4.99 Å². The van der Waals surface area contributed by atoms with Gasteiger partial charge in [-0.3, -0.25) is 4.72 Å². The van der Waals surface area contributed by atoms with Crippen molar-refractivity contribution in [3.8, 4) is 17.2 Å². The summed E-state index contributed by atoms with van der Waals surface area (Å²) in [7, 11) is 1.13. The second kappa shape index (κ2) is 9.13. The number of methoxy groups -OCH3 is 3. The van der Waals surface area contributed by atoms with Gasteiger partial charge in [-0.1, -0.05) is 12.1 Å². The molecule has 0 heterocycles. The number of ether oxygens (including phenoxy) is 3. The Kier molecular flexibility index (Phi) is 6.89. The molecule has 0 unspecified atom stereocenters. The van der Waals surface area contributed by atoms with Crippen molar-refractivity contribution in [3.05, 3.63) is 48.0 Å². The molecule has 0 saturated heterocycles. The van der Waals surface area contributed by atoms with Crippen LogP contribution < -0.4 is 24.2 Å². The third kappa shape index (κ3) is 6.37. The molecule has 0 spiro atoms. The van der Waals surface area contributed by atoms with Gasteiger partial charge in [0.2, 0.25) is 16.0 Å². The van der Waals surface area contributed by atoms with Crippen LogP contribution in [0.1, 0.15) is 5.56 Å². The Balaban J connectivity index is 2.26. The molecule has 0 aromatic heterocycles. The number of rotatable bonds is 7. The van der Waals surface area contributed by atoms with Crippen LogP contribution in [0.4, 0.5) is 5.69 Å². The SMILES string of the molecule is COc1cccc(CN=C(Nc2ccc(OC)c(OC)c2)NS(C)(=O)=O)c1. The summed E-state index contributed by atoms with van der Waals surface area (Å²) in [5.41, 5.74) is 1.46. The van der Waals surface area contributed by atoms with Crippen molar-refractivity contribution < 1.29 is 22.6 Å². The Bertz CT molecular complexity index is 913. The van der Waals surface area contributed by atoms with Crippen LogP contribution in [0.3, 0.4) is 0 Å². The Labute approximate surface area is 159 Å². The van der Waals surface area contributed by atoms with Crippen LogP contribution >= 0.6 is 0 Å². The number of nitrogens with zero attached hydrogens (tertiary/aromatic N) is 1. The van der Waals surface area contributed by atoms with Crippen molar-refractivity contribution in [2.45, 2.75) is 6.54 Å². The monoisotopic (exact) mass is 393 g/mol. The molecule has 0 saturated carbocycles. The predicted octanol–water partition coefficient (Wildman–Crippen LogP) is 2.23. The molecule has 2 N–H and O–H groups in total. The molecule has 0 bridgehead atoms. The minimum Gasteiger partial charge on any atom is -0.497 e. The molecule has 146 valence electrons. The van der Waals surface area contributed by atoms with Crippen LogP contribution in [0.2, 0.25) is 0 Å². The van der Waals surface area contributed by atoms with E-state index in [4.69, 9.17) is 14.2 Å². The quantitative estimate of drug-likeness (QED) is 0.553. The summed E-state index contributed by atoms with van der Waals surface area (Å²) in [5, 5.41) is 2.95. The van der Waals surface area contributed by atoms with Crippen LogP contribution in [0.5, 0.6) is 17.2 Å². The molecule has 8 nitrogen and oxygen atoms in total. The van der Waals surface area contributed by atoms with Gasteiger partial charge < -0.3 is 19.5 Å². The van der Waals surface area contributed by atoms with Gasteiger partial charge in [0.15, 0.2) is 11.5 Å². The summed E-state index contributed by atoms with van der Waals surface area (Å²) >= 11 is 0. The van der Waals surface area contributed by atoms with Gasteiger partial charge >= 0.3 is 0 Å². The summed E-state index contributed by atoms with van der Waals surface area (Å²) in [4.78, 5) is 4.34. The lowest BCUT2D eigenvalue weighted by Crippen LogP contribution is -2.35. The molecule has 0 radical (unpaired) electrons. The zero-order valence-electron chi connectivity index (χ0n) is 15.6. The number of aliphatic imine (C=N–C) groups is 1. The molecule has 0 aliphatic heterocycles. The number of benzene rings is 2. The van der Waals surface area contributed by atoms with Gasteiger partial charge in [0.25, 0.3) is 0 Å². The first-order chi connectivity index (χ1) is 12.8. The number of hydrogen-bond donors (Lipinski definition) is 2. The highest BCUT2D eigenvalue weighted by atomic mass is 32.2. The molecule has 0 amide bonds. The fourth-order valence-electron chi connectivity index (χ4n) is 2.26. The van der Waals surface area contributed by atoms with Crippen molar-refractivity contribution >= 4 is 21.7 Å². The van der Waals surface area contributed by atoms with E-state index in [2.05, 4.69) is 15.0 Å². The van der Waals surface area contributed by atoms with Crippen LogP contribution in [0, 0.1) is 0 Å². The van der Waals surface area contributed by atoms with Gasteiger partial charge in [0.1, 0.15) is 5.75 Å². The zero-order chi connectivity index (χ0) is 19.9. The molecule has 2 aromatic carbocycles. The highest BCUT2D eigenvalue weighted by Gasteiger charge is 2.10. The molecule has 0 aliphatic rings. The summed E-state index contributed by atoms with van der Waals surface area (Å²) in [6, 6.07) is 12.5. The molecule has 0 aliphatic carbocycles. The lowest BCUT2D eigenvalue weighted by atomic mass is 10.2. The van der Waals surface area contributed by atoms with Crippen molar-refractivity contribution in [1.82, 2.24) is 4.72 Å². The molecular weight excluding hydrogens is 370 g/mol. The van der Waals surface area contributed by atoms with Gasteiger partial charge in [0, 0.05) is 11.8 Å². The largest absolute Gasteiger partial charge is 0.497 e. The third-order valence-electron chi connectivity index (χ3n) is 3.48. The van der Waals surface area contributed by atoms with Crippen molar-refractivity contribution in [3.63, 3.8) is 0 Å². The molecule has 2 rings (SSSR count). The van der Waals surface area contributed by atoms with E-state index in [-0.39, 0.29) is 12.5 Å². The minimum atomic E-state index is -3.51. The van der Waals surface area contributed by atoms with Gasteiger partial charge in [-0.25, -0.2) is 13.4 Å². The van der Waals surface area contributed by atoms with Crippen LogP contribution in [0.25, 0.3) is 0 Å². The lowest BCUT2D eigenvalue weighted by molar-refractivity contribution is 0.355. The fourth-order valence-corrected chi connectivity index (χ4v) is 2.73. The molecule has 9 heteroatoms. The highest BCUT2D eigenvalue weighted by Crippen LogP contribution is 2.29. The van der Waals surface area contributed by atoms with Crippen LogP contribution in [-0.2, 0) is 16.6 Å². The molecular formula is C18H23N3O5S. The highest BCUT2D eigenvalue weighted by molar-refractivity contribution is 7.89. The number of hydrogen-bond acceptors (Lipinski definition) is 6. The molecule has 2 aromatic rings. The molecule has 27 heavy (non-hydrogen) atoms. The summed E-state index contributed by atoms with van der Waals surface area (Å²) in [6.07, 6.45) is 1.06. The van der Waals surface area contributed by atoms with Crippen LogP contribution in [-0.4, -0.2) is 42.0 Å². The molecule has 0 fully saturated rings. The fraction of sp³-hybridized carbons (Fsp3) is 0.278. The first-order valence-corrected chi connectivity index (χ1v) is 9.88. The van der Waals surface area contributed by atoms with E-state index >= 15 is 0 Å². The topological polar surface area (TPSA) is 98.2 Å². The maximum Gasteiger partial charge on any atom is 0.232 e. The summed E-state index contributed by atoms with van der Waals surface area (Å²) in [6.45, 7) is 0.259. The summed E-state index contributed by atoms with van der Waals surface area (Å²) in [5.74, 6) is 1.86. The lowest BCUT2D eigenvalue weighted by Gasteiger charge is -2.14. The normalized spacial score (nSPS) is 11.6. The van der Waals surface area contributed by atoms with E-state index in [9.17, 15) is 8.42 Å². The minimum absolute atomic E-state index is 0.0903. The first-order valence-electron chi connectivity index (χ1n) is 7.99. The van der Waals surface area contributed by atoms with Crippen LogP contribution in [0.15, 0.2) is 47.5 Å². The van der Waals surface area contributed by atoms with Gasteiger partial charge in [-0.05, 0) is 29.8 Å². The number of nitrogens with one attached hydrogen (secondary N) is 2. The average molecular weight is 393 g/mol. The second-order valence-corrected chi connectivity index (χ2v) is 7.33. The van der Waals surface area contributed by atoms with E-state index < -0.39 is 10.0 Å². The number of guanidine groups is 1. The van der Waals surface area contributed by atoms with Gasteiger partial charge in [-0.15, -0.1) is 0 Å². The Morgan fingerprint density at radius 2 is 1.74 bits per heavy atom. The second-order valence-electron chi connectivity index (χ2n) is 5.59. The number of anilines is 1. The Morgan fingerprint density at radius 1 is 1.00 bits per heavy atom. The smallest absolute Gasteiger partial charge is 0.232 e. The van der Waals surface area contributed by atoms with Gasteiger partial charge in [0.05, 0.1) is 34.1 Å². The predicted molar refractivity (Wildman–Crippen MR) is 105 cm³/mol. The maximum absolute atomic E-state index is 11.7. The van der Waals surface area contributed by atoms with E-state index in [0.717, 1.165) is 11.8 Å². The average Bonchev–Trinajstić information content (AvgIpc) is 2.65. The molecule has 0 atom stereocenters. The maximum atomic E-state index is 11.7. The van der Waals surface area contributed by atoms with Crippen molar-refractivity contribution in [1.29, 1.82) is 0 Å². The first kappa shape index (κ1) is 20.4. The van der Waals surface area contributed by atoms with E-state index in [1.165, 1.54) is 14.2 Å². The zero-order valence-corrected chi connectivity index (χ0v) is 16.5. The Hall–Kier alpha value is -2.94. The standard InChI is InChI=1S/C18H23N3O5S/c1-24-15-7-5-6-13(10-15)12-19-18(21-27(4,22)23)20-14-8-9-16(25-2)17(11-14)26-3/h5-11H,12H2,1-4H3,(H2,19,20,21). The van der Waals surface area contributed by atoms with Gasteiger partial charge in [-0.2, -0.15) is 0 Å². The van der Waals surface area contributed by atoms with Crippen molar-refractivity contribution in [2.75, 3.05) is 32.9 Å². The Morgan fingerprint density at radius 3 is 2.37 bits per heavy atom. The third-order valence-corrected chi connectivity index (χ3v) is 4.05. The van der Waals surface area contributed by atoms with E-state index in [1.807, 2.05) is 24.3 Å².